The fourth-order valence-corrected chi connectivity index (χ4v) is 2.24. The Balaban J connectivity index is 2.09. The maximum atomic E-state index is 13.2. The molecule has 0 saturated heterocycles. The smallest absolute Gasteiger partial charge is 0.413 e. The van der Waals surface area contributed by atoms with E-state index in [1.165, 1.54) is 6.92 Å². The van der Waals surface area contributed by atoms with E-state index in [1.54, 1.807) is 36.4 Å². The molecule has 0 fully saturated rings. The second-order valence-corrected chi connectivity index (χ2v) is 5.69. The fourth-order valence-electron chi connectivity index (χ4n) is 2.24. The lowest BCUT2D eigenvalue weighted by Gasteiger charge is -2.16. The number of hydrogen-bond donors (Lipinski definition) is 0. The first-order valence-electron chi connectivity index (χ1n) is 8.08. The van der Waals surface area contributed by atoms with Crippen molar-refractivity contribution in [3.8, 4) is 17.2 Å². The van der Waals surface area contributed by atoms with Crippen molar-refractivity contribution in [2.45, 2.75) is 19.5 Å². The van der Waals surface area contributed by atoms with Crippen molar-refractivity contribution < 1.29 is 32.2 Å². The highest BCUT2D eigenvalue weighted by Gasteiger charge is 2.36. The fraction of sp³-hybridized carbons (Fsp3) is 0.250. The Bertz CT molecular complexity index is 798. The number of benzene rings is 2. The molecular formula is C20H19F3O4. The van der Waals surface area contributed by atoms with Gasteiger partial charge in [-0.25, -0.2) is 0 Å². The van der Waals surface area contributed by atoms with Crippen LogP contribution < -0.4 is 9.47 Å². The lowest BCUT2D eigenvalue weighted by atomic mass is 10.1. The molecule has 0 heterocycles. The average Bonchev–Trinajstić information content (AvgIpc) is 2.64. The van der Waals surface area contributed by atoms with E-state index in [-0.39, 0.29) is 12.2 Å². The van der Waals surface area contributed by atoms with Gasteiger partial charge in [0.05, 0.1) is 13.5 Å². The maximum absolute atomic E-state index is 13.2. The van der Waals surface area contributed by atoms with Gasteiger partial charge in [0.15, 0.2) is 0 Å². The molecule has 0 aromatic heterocycles. The van der Waals surface area contributed by atoms with Crippen LogP contribution in [-0.2, 0) is 9.53 Å². The number of para-hydroxylation sites is 1. The SMILES string of the molecule is COC(=O)CC(=C(C)COc1cccc(Oc2ccccc2)c1)C(F)(F)F. The molecule has 0 N–H and O–H groups in total. The van der Waals surface area contributed by atoms with E-state index in [0.717, 1.165) is 7.11 Å². The zero-order chi connectivity index (χ0) is 19.9. The number of carbonyl (C=O) groups is 1. The lowest BCUT2D eigenvalue weighted by molar-refractivity contribution is -0.143. The zero-order valence-electron chi connectivity index (χ0n) is 14.9. The summed E-state index contributed by atoms with van der Waals surface area (Å²) < 4.78 is 54.9. The summed E-state index contributed by atoms with van der Waals surface area (Å²) in [4.78, 5) is 11.3. The summed E-state index contributed by atoms with van der Waals surface area (Å²) in [7, 11) is 1.04. The Hall–Kier alpha value is -2.96. The summed E-state index contributed by atoms with van der Waals surface area (Å²) >= 11 is 0. The van der Waals surface area contributed by atoms with Crippen LogP contribution in [0, 0.1) is 0 Å². The molecule has 0 aliphatic carbocycles. The highest BCUT2D eigenvalue weighted by Crippen LogP contribution is 2.32. The predicted molar refractivity (Wildman–Crippen MR) is 93.8 cm³/mol. The third-order valence-corrected chi connectivity index (χ3v) is 3.65. The van der Waals surface area contributed by atoms with Crippen molar-refractivity contribution in [3.63, 3.8) is 0 Å². The molecule has 2 rings (SSSR count). The molecule has 0 aliphatic rings. The predicted octanol–water partition coefficient (Wildman–Crippen LogP) is 5.30. The van der Waals surface area contributed by atoms with E-state index >= 15 is 0 Å². The lowest BCUT2D eigenvalue weighted by Crippen LogP contribution is -2.20. The van der Waals surface area contributed by atoms with E-state index in [0.29, 0.717) is 17.2 Å². The molecule has 0 amide bonds. The first-order valence-corrected chi connectivity index (χ1v) is 8.08. The topological polar surface area (TPSA) is 44.8 Å². The van der Waals surface area contributed by atoms with E-state index in [9.17, 15) is 18.0 Å². The van der Waals surface area contributed by atoms with Crippen molar-refractivity contribution in [2.24, 2.45) is 0 Å². The highest BCUT2D eigenvalue weighted by molar-refractivity contribution is 5.72. The van der Waals surface area contributed by atoms with Gasteiger partial charge in [0.1, 0.15) is 23.9 Å². The van der Waals surface area contributed by atoms with Crippen LogP contribution in [0.15, 0.2) is 65.7 Å². The third kappa shape index (κ3) is 6.36. The molecule has 2 aromatic rings. The van der Waals surface area contributed by atoms with Gasteiger partial charge in [0.2, 0.25) is 0 Å². The van der Waals surface area contributed by atoms with Crippen molar-refractivity contribution in [1.29, 1.82) is 0 Å². The largest absolute Gasteiger partial charge is 0.489 e. The van der Waals surface area contributed by atoms with Crippen molar-refractivity contribution in [1.82, 2.24) is 0 Å². The van der Waals surface area contributed by atoms with Gasteiger partial charge in [-0.1, -0.05) is 24.3 Å². The van der Waals surface area contributed by atoms with Crippen LogP contribution in [-0.4, -0.2) is 25.9 Å². The summed E-state index contributed by atoms with van der Waals surface area (Å²) in [5.74, 6) is 0.511. The molecule has 4 nitrogen and oxygen atoms in total. The van der Waals surface area contributed by atoms with Gasteiger partial charge >= 0.3 is 12.1 Å². The summed E-state index contributed by atoms with van der Waals surface area (Å²) in [6, 6.07) is 15.6. The van der Waals surface area contributed by atoms with E-state index in [4.69, 9.17) is 9.47 Å². The quantitative estimate of drug-likeness (QED) is 0.483. The van der Waals surface area contributed by atoms with Crippen LogP contribution in [0.2, 0.25) is 0 Å². The molecule has 0 aliphatic heterocycles. The van der Waals surface area contributed by atoms with Crippen LogP contribution in [0.1, 0.15) is 13.3 Å². The summed E-state index contributed by atoms with van der Waals surface area (Å²) in [5.41, 5.74) is -1.06. The van der Waals surface area contributed by atoms with Gasteiger partial charge in [-0.15, -0.1) is 0 Å². The van der Waals surface area contributed by atoms with Gasteiger partial charge < -0.3 is 14.2 Å². The molecule has 7 heteroatoms. The second-order valence-electron chi connectivity index (χ2n) is 5.69. The van der Waals surface area contributed by atoms with Gasteiger partial charge in [-0.05, 0) is 36.8 Å². The molecule has 0 saturated carbocycles. The molecule has 144 valence electrons. The van der Waals surface area contributed by atoms with Crippen molar-refractivity contribution in [3.05, 3.63) is 65.7 Å². The van der Waals surface area contributed by atoms with Crippen molar-refractivity contribution in [2.75, 3.05) is 13.7 Å². The number of rotatable bonds is 7. The summed E-state index contributed by atoms with van der Waals surface area (Å²) in [5, 5.41) is 0. The Morgan fingerprint density at radius 2 is 1.59 bits per heavy atom. The third-order valence-electron chi connectivity index (χ3n) is 3.65. The molecular weight excluding hydrogens is 361 g/mol. The first kappa shape index (κ1) is 20.4. The normalized spacial score (nSPS) is 12.2. The van der Waals surface area contributed by atoms with Crippen LogP contribution in [0.5, 0.6) is 17.2 Å². The van der Waals surface area contributed by atoms with E-state index in [1.807, 2.05) is 18.2 Å². The van der Waals surface area contributed by atoms with Crippen LogP contribution in [0.3, 0.4) is 0 Å². The van der Waals surface area contributed by atoms with E-state index in [2.05, 4.69) is 4.74 Å². The summed E-state index contributed by atoms with van der Waals surface area (Å²) in [6.07, 6.45) is -5.49. The van der Waals surface area contributed by atoms with E-state index < -0.39 is 24.1 Å². The highest BCUT2D eigenvalue weighted by atomic mass is 19.4. The summed E-state index contributed by atoms with van der Waals surface area (Å²) in [6.45, 7) is 0.955. The monoisotopic (exact) mass is 380 g/mol. The Morgan fingerprint density at radius 1 is 0.963 bits per heavy atom. The second kappa shape index (κ2) is 9.12. The van der Waals surface area contributed by atoms with Gasteiger partial charge in [-0.2, -0.15) is 13.2 Å². The number of hydrogen-bond acceptors (Lipinski definition) is 4. The minimum Gasteiger partial charge on any atom is -0.489 e. The number of esters is 1. The molecule has 2 aromatic carbocycles. The zero-order valence-corrected chi connectivity index (χ0v) is 14.9. The van der Waals surface area contributed by atoms with Crippen LogP contribution in [0.4, 0.5) is 13.2 Å². The molecule has 0 atom stereocenters. The maximum Gasteiger partial charge on any atom is 0.413 e. The van der Waals surface area contributed by atoms with Gasteiger partial charge in [0, 0.05) is 11.6 Å². The first-order chi connectivity index (χ1) is 12.8. The standard InChI is InChI=1S/C20H19F3O4/c1-14(18(20(21,22)23)12-19(24)25-2)13-26-16-9-6-10-17(11-16)27-15-7-4-3-5-8-15/h3-11H,12-13H2,1-2H3. The average molecular weight is 380 g/mol. The Kier molecular flexibility index (Phi) is 6.87. The minimum absolute atomic E-state index is 0.0951. The van der Waals surface area contributed by atoms with Crippen LogP contribution >= 0.6 is 0 Å². The molecule has 0 radical (unpaired) electrons. The number of ether oxygens (including phenoxy) is 3. The van der Waals surface area contributed by atoms with Gasteiger partial charge in [-0.3, -0.25) is 4.79 Å². The number of alkyl halides is 3. The molecule has 0 bridgehead atoms. The molecule has 27 heavy (non-hydrogen) atoms. The Morgan fingerprint density at radius 3 is 2.22 bits per heavy atom. The van der Waals surface area contributed by atoms with Crippen LogP contribution in [0.25, 0.3) is 0 Å². The van der Waals surface area contributed by atoms with Gasteiger partial charge in [0.25, 0.3) is 0 Å². The molecule has 0 unspecified atom stereocenters. The van der Waals surface area contributed by atoms with Crippen molar-refractivity contribution >= 4 is 5.97 Å². The molecule has 0 spiro atoms. The minimum atomic E-state index is -4.64. The number of carbonyl (C=O) groups excluding carboxylic acids is 1. The number of methoxy groups -OCH3 is 1. The number of halogens is 3. The Labute approximate surface area is 155 Å².